The van der Waals surface area contributed by atoms with Gasteiger partial charge in [-0.3, -0.25) is 19.3 Å². The Morgan fingerprint density at radius 2 is 1.39 bits per heavy atom. The molecule has 9 heteroatoms. The van der Waals surface area contributed by atoms with Gasteiger partial charge in [-0.15, -0.1) is 0 Å². The van der Waals surface area contributed by atoms with E-state index in [1.165, 1.54) is 67.8 Å². The second kappa shape index (κ2) is 9.87. The Balaban J connectivity index is 1.68. The predicted molar refractivity (Wildman–Crippen MR) is 130 cm³/mol. The van der Waals surface area contributed by atoms with Crippen molar-refractivity contribution < 1.29 is 39.5 Å². The molecule has 2 atom stereocenters. The molecule has 3 aliphatic rings. The van der Waals surface area contributed by atoms with E-state index in [4.69, 9.17) is 4.74 Å². The van der Waals surface area contributed by atoms with Gasteiger partial charge in [-0.1, -0.05) is 24.3 Å². The number of phenols is 4. The van der Waals surface area contributed by atoms with Crippen LogP contribution in [0.25, 0.3) is 12.2 Å². The number of carbonyl (C=O) groups is 3. The van der Waals surface area contributed by atoms with Crippen LogP contribution in [-0.2, 0) is 19.1 Å². The van der Waals surface area contributed by atoms with Crippen molar-refractivity contribution in [3.8, 4) is 23.0 Å². The smallest absolute Gasteiger partial charge is 0.323 e. The topological polar surface area (TPSA) is 145 Å². The molecule has 0 radical (unpaired) electrons. The first-order chi connectivity index (χ1) is 17.2. The van der Waals surface area contributed by atoms with Gasteiger partial charge in [0.1, 0.15) is 6.04 Å². The minimum atomic E-state index is -1.12. The van der Waals surface area contributed by atoms with Crippen molar-refractivity contribution in [3.05, 3.63) is 59.7 Å². The number of aromatic hydroxyl groups is 4. The minimum Gasteiger partial charge on any atom is -0.504 e. The molecule has 4 N–H and O–H groups in total. The molecule has 3 aliphatic heterocycles. The summed E-state index contributed by atoms with van der Waals surface area (Å²) in [5, 5.41) is 38.5. The minimum absolute atomic E-state index is 0.281. The Hall–Kier alpha value is -4.11. The summed E-state index contributed by atoms with van der Waals surface area (Å²) in [6.07, 6.45) is 6.36. The average molecular weight is 494 g/mol. The van der Waals surface area contributed by atoms with Gasteiger partial charge in [0.2, 0.25) is 0 Å². The molecule has 36 heavy (non-hydrogen) atoms. The fourth-order valence-corrected chi connectivity index (χ4v) is 5.17. The maximum atomic E-state index is 13.6. The Morgan fingerprint density at radius 3 is 1.89 bits per heavy atom. The standard InChI is InChI=1S/C27H27NO8/c1-36-26(35)25-24(20(31)8-4-16-2-6-18(29)21(32)14-16)27(10-12-28(25)13-11-27)23(34)9-5-17-3-7-19(30)22(33)15-17/h2-9,14-15,24-25,29-30,32-33H,10-13H2,1H3/b8-4+,9-5+. The zero-order valence-electron chi connectivity index (χ0n) is 19.6. The monoisotopic (exact) mass is 493 g/mol. The van der Waals surface area contributed by atoms with Crippen LogP contribution in [0.1, 0.15) is 24.0 Å². The highest BCUT2D eigenvalue weighted by Crippen LogP contribution is 2.49. The number of ether oxygens (including phenoxy) is 1. The van der Waals surface area contributed by atoms with Crippen molar-refractivity contribution in [2.24, 2.45) is 11.3 Å². The third-order valence-corrected chi connectivity index (χ3v) is 7.10. The van der Waals surface area contributed by atoms with Crippen LogP contribution in [0.5, 0.6) is 23.0 Å². The molecule has 0 aliphatic carbocycles. The lowest BCUT2D eigenvalue weighted by Crippen LogP contribution is -2.67. The Morgan fingerprint density at radius 1 is 0.861 bits per heavy atom. The van der Waals surface area contributed by atoms with Crippen LogP contribution in [0, 0.1) is 11.3 Å². The van der Waals surface area contributed by atoms with E-state index >= 15 is 0 Å². The van der Waals surface area contributed by atoms with Crippen LogP contribution in [-0.4, -0.2) is 69.1 Å². The lowest BCUT2D eigenvalue weighted by atomic mass is 9.58. The molecule has 3 heterocycles. The summed E-state index contributed by atoms with van der Waals surface area (Å²) in [4.78, 5) is 41.8. The fraction of sp³-hybridized carbons (Fsp3) is 0.296. The van der Waals surface area contributed by atoms with Crippen LogP contribution in [0.4, 0.5) is 0 Å². The quantitative estimate of drug-likeness (QED) is 0.260. The normalized spacial score (nSPS) is 25.3. The number of hydrogen-bond donors (Lipinski definition) is 4. The lowest BCUT2D eigenvalue weighted by Gasteiger charge is -2.54. The summed E-state index contributed by atoms with van der Waals surface area (Å²) in [6, 6.07) is 7.35. The molecular weight excluding hydrogens is 466 g/mol. The number of nitrogens with zero attached hydrogens (tertiary/aromatic N) is 1. The molecule has 0 aromatic heterocycles. The highest BCUT2D eigenvalue weighted by Gasteiger charge is 2.60. The Bertz CT molecular complexity index is 1260. The zero-order chi connectivity index (χ0) is 26.0. The van der Waals surface area contributed by atoms with E-state index in [1.54, 1.807) is 0 Å². The van der Waals surface area contributed by atoms with E-state index in [1.807, 2.05) is 4.90 Å². The van der Waals surface area contributed by atoms with Crippen LogP contribution in [0.2, 0.25) is 0 Å². The van der Waals surface area contributed by atoms with Crippen molar-refractivity contribution in [3.63, 3.8) is 0 Å². The number of ketones is 2. The van der Waals surface area contributed by atoms with Crippen molar-refractivity contribution in [1.29, 1.82) is 0 Å². The number of piperidine rings is 3. The molecule has 2 unspecified atom stereocenters. The molecule has 9 nitrogen and oxygen atoms in total. The molecule has 0 spiro atoms. The summed E-state index contributed by atoms with van der Waals surface area (Å²) >= 11 is 0. The van der Waals surface area contributed by atoms with E-state index < -0.39 is 29.1 Å². The van der Waals surface area contributed by atoms with Crippen LogP contribution in [0.15, 0.2) is 48.6 Å². The maximum absolute atomic E-state index is 13.6. The van der Waals surface area contributed by atoms with Crippen LogP contribution in [0.3, 0.4) is 0 Å². The Kier molecular flexibility index (Phi) is 6.85. The summed E-state index contributed by atoms with van der Waals surface area (Å²) in [5.74, 6) is -3.54. The van der Waals surface area contributed by atoms with Gasteiger partial charge in [-0.25, -0.2) is 0 Å². The maximum Gasteiger partial charge on any atom is 0.323 e. The number of phenolic OH excluding ortho intramolecular Hbond substituents is 4. The molecule has 5 rings (SSSR count). The van der Waals surface area contributed by atoms with E-state index in [0.717, 1.165) is 0 Å². The number of esters is 1. The number of allylic oxidation sites excluding steroid dienone is 2. The first kappa shape index (κ1) is 25.0. The van der Waals surface area contributed by atoms with Crippen molar-refractivity contribution >= 4 is 29.7 Å². The number of methoxy groups -OCH3 is 1. The first-order valence-corrected chi connectivity index (χ1v) is 11.5. The molecule has 188 valence electrons. The van der Waals surface area contributed by atoms with E-state index in [-0.39, 0.29) is 28.8 Å². The molecule has 2 aromatic carbocycles. The van der Waals surface area contributed by atoms with Gasteiger partial charge in [0.25, 0.3) is 0 Å². The molecule has 2 bridgehead atoms. The summed E-state index contributed by atoms with van der Waals surface area (Å²) in [5.41, 5.74) is -0.175. The number of carbonyl (C=O) groups excluding carboxylic acids is 3. The Labute approximate surface area is 207 Å². The van der Waals surface area contributed by atoms with Crippen molar-refractivity contribution in [2.45, 2.75) is 18.9 Å². The van der Waals surface area contributed by atoms with Crippen molar-refractivity contribution in [1.82, 2.24) is 4.90 Å². The second-order valence-corrected chi connectivity index (χ2v) is 9.07. The molecule has 0 amide bonds. The summed E-state index contributed by atoms with van der Waals surface area (Å²) in [6.45, 7) is 0.914. The largest absolute Gasteiger partial charge is 0.504 e. The number of rotatable bonds is 7. The highest BCUT2D eigenvalue weighted by atomic mass is 16.5. The van der Waals surface area contributed by atoms with Gasteiger partial charge in [-0.2, -0.15) is 0 Å². The average Bonchev–Trinajstić information content (AvgIpc) is 2.89. The second-order valence-electron chi connectivity index (χ2n) is 9.07. The summed E-state index contributed by atoms with van der Waals surface area (Å²) < 4.78 is 4.99. The predicted octanol–water partition coefficient (Wildman–Crippen LogP) is 2.63. The van der Waals surface area contributed by atoms with Gasteiger partial charge >= 0.3 is 5.97 Å². The highest BCUT2D eigenvalue weighted by molar-refractivity contribution is 6.07. The van der Waals surface area contributed by atoms with Gasteiger partial charge in [0.05, 0.1) is 13.0 Å². The SMILES string of the molecule is COC(=O)C1C(C(=O)/C=C/c2ccc(O)c(O)c2)C2(C(=O)/C=C/c3ccc(O)c(O)c3)CCN1CC2. The van der Waals surface area contributed by atoms with Gasteiger partial charge in [-0.05, 0) is 60.4 Å². The van der Waals surface area contributed by atoms with Gasteiger partial charge < -0.3 is 25.2 Å². The molecule has 3 fully saturated rings. The van der Waals surface area contributed by atoms with Crippen molar-refractivity contribution in [2.75, 3.05) is 20.2 Å². The van der Waals surface area contributed by atoms with Crippen LogP contribution >= 0.6 is 0 Å². The third kappa shape index (κ3) is 4.57. The number of fused-ring (bicyclic) bond motifs is 3. The lowest BCUT2D eigenvalue weighted by molar-refractivity contribution is -0.170. The van der Waals surface area contributed by atoms with E-state index in [0.29, 0.717) is 37.1 Å². The molecule has 3 saturated heterocycles. The fourth-order valence-electron chi connectivity index (χ4n) is 5.17. The van der Waals surface area contributed by atoms with Crippen LogP contribution < -0.4 is 0 Å². The summed E-state index contributed by atoms with van der Waals surface area (Å²) in [7, 11) is 1.24. The van der Waals surface area contributed by atoms with E-state index in [2.05, 4.69) is 0 Å². The molecule has 0 saturated carbocycles. The number of hydrogen-bond acceptors (Lipinski definition) is 9. The molecular formula is C27H27NO8. The first-order valence-electron chi connectivity index (χ1n) is 11.5. The third-order valence-electron chi connectivity index (χ3n) is 7.10. The van der Waals surface area contributed by atoms with Gasteiger partial charge in [0.15, 0.2) is 34.6 Å². The van der Waals surface area contributed by atoms with E-state index in [9.17, 15) is 34.8 Å². The number of benzene rings is 2. The zero-order valence-corrected chi connectivity index (χ0v) is 19.6. The van der Waals surface area contributed by atoms with Gasteiger partial charge in [0, 0.05) is 18.5 Å². The molecule has 2 aromatic rings.